The number of phenols is 1. The maximum Gasteiger partial charge on any atom is 0.182 e. The third-order valence-corrected chi connectivity index (χ3v) is 6.82. The molecule has 1 heterocycles. The SMILES string of the molecule is CC1c2cc(F)ccc2-c2ccccc2N1C=CCS(=O)(=O)c1ccc(O)c(F)c1. The number of anilines is 1. The number of hydrogen-bond acceptors (Lipinski definition) is 4. The minimum Gasteiger partial charge on any atom is -0.505 e. The normalized spacial score (nSPS) is 15.8. The van der Waals surface area contributed by atoms with Gasteiger partial charge in [-0.2, -0.15) is 0 Å². The van der Waals surface area contributed by atoms with Crippen molar-refractivity contribution in [1.82, 2.24) is 0 Å². The van der Waals surface area contributed by atoms with E-state index < -0.39 is 21.4 Å². The van der Waals surface area contributed by atoms with Crippen LogP contribution >= 0.6 is 0 Å². The molecule has 0 saturated heterocycles. The molecule has 1 aliphatic rings. The van der Waals surface area contributed by atoms with Crippen molar-refractivity contribution in [3.8, 4) is 16.9 Å². The number of sulfone groups is 1. The first-order valence-electron chi connectivity index (χ1n) is 9.33. The summed E-state index contributed by atoms with van der Waals surface area (Å²) in [5.41, 5.74) is 3.56. The van der Waals surface area contributed by atoms with E-state index in [-0.39, 0.29) is 22.5 Å². The summed E-state index contributed by atoms with van der Waals surface area (Å²) in [5.74, 6) is -2.27. The van der Waals surface area contributed by atoms with E-state index in [4.69, 9.17) is 0 Å². The number of hydrogen-bond donors (Lipinski definition) is 1. The maximum absolute atomic E-state index is 13.9. The van der Waals surface area contributed by atoms with E-state index in [1.54, 1.807) is 12.3 Å². The fourth-order valence-electron chi connectivity index (χ4n) is 3.68. The zero-order chi connectivity index (χ0) is 21.5. The Hall–Kier alpha value is -3.19. The quantitative estimate of drug-likeness (QED) is 0.621. The second kappa shape index (κ2) is 7.57. The van der Waals surface area contributed by atoms with Crippen molar-refractivity contribution in [2.24, 2.45) is 0 Å². The van der Waals surface area contributed by atoms with Crippen LogP contribution in [0.4, 0.5) is 14.5 Å². The minimum absolute atomic E-state index is 0.207. The molecule has 3 aromatic carbocycles. The molecule has 4 rings (SSSR count). The van der Waals surface area contributed by atoms with E-state index in [0.717, 1.165) is 34.5 Å². The van der Waals surface area contributed by atoms with E-state index >= 15 is 0 Å². The summed E-state index contributed by atoms with van der Waals surface area (Å²) >= 11 is 0. The van der Waals surface area contributed by atoms with E-state index in [1.165, 1.54) is 24.3 Å². The van der Waals surface area contributed by atoms with Crippen LogP contribution in [0.15, 0.2) is 77.8 Å². The predicted molar refractivity (Wildman–Crippen MR) is 112 cm³/mol. The summed E-state index contributed by atoms with van der Waals surface area (Å²) in [6.45, 7) is 1.92. The van der Waals surface area contributed by atoms with Crippen molar-refractivity contribution >= 4 is 15.5 Å². The number of halogens is 2. The summed E-state index contributed by atoms with van der Waals surface area (Å²) in [7, 11) is -3.79. The van der Waals surface area contributed by atoms with Crippen LogP contribution in [0, 0.1) is 11.6 Å². The van der Waals surface area contributed by atoms with Crippen molar-refractivity contribution in [1.29, 1.82) is 0 Å². The highest BCUT2D eigenvalue weighted by molar-refractivity contribution is 7.91. The molecule has 3 aromatic rings. The number of para-hydroxylation sites is 1. The number of phenolic OH excluding ortho intramolecular Hbond substituents is 1. The van der Waals surface area contributed by atoms with Gasteiger partial charge in [-0.1, -0.05) is 30.3 Å². The number of aromatic hydroxyl groups is 1. The third kappa shape index (κ3) is 3.57. The third-order valence-electron chi connectivity index (χ3n) is 5.21. The zero-order valence-electron chi connectivity index (χ0n) is 16.1. The van der Waals surface area contributed by atoms with Gasteiger partial charge >= 0.3 is 0 Å². The van der Waals surface area contributed by atoms with Crippen LogP contribution in [0.2, 0.25) is 0 Å². The molecular formula is C23H19F2NO3S. The molecule has 0 fully saturated rings. The Kier molecular flexibility index (Phi) is 5.07. The average molecular weight is 427 g/mol. The highest BCUT2D eigenvalue weighted by Crippen LogP contribution is 2.44. The second-order valence-corrected chi connectivity index (χ2v) is 9.15. The minimum atomic E-state index is -3.79. The zero-order valence-corrected chi connectivity index (χ0v) is 16.9. The molecular weight excluding hydrogens is 408 g/mol. The summed E-state index contributed by atoms with van der Waals surface area (Å²) in [4.78, 5) is 1.69. The molecule has 0 bridgehead atoms. The number of fused-ring (bicyclic) bond motifs is 3. The van der Waals surface area contributed by atoms with Gasteiger partial charge in [0, 0.05) is 17.5 Å². The molecule has 1 atom stereocenters. The molecule has 0 saturated carbocycles. The Labute approximate surface area is 173 Å². The lowest BCUT2D eigenvalue weighted by atomic mass is 9.89. The topological polar surface area (TPSA) is 57.6 Å². The molecule has 0 spiro atoms. The Morgan fingerprint density at radius 3 is 2.57 bits per heavy atom. The summed E-state index contributed by atoms with van der Waals surface area (Å²) in [5, 5.41) is 9.26. The Bertz CT molecular complexity index is 1260. The molecule has 1 N–H and O–H groups in total. The van der Waals surface area contributed by atoms with Crippen molar-refractivity contribution in [2.45, 2.75) is 17.9 Å². The van der Waals surface area contributed by atoms with Crippen LogP contribution < -0.4 is 4.90 Å². The molecule has 1 unspecified atom stereocenters. The molecule has 0 aromatic heterocycles. The second-order valence-electron chi connectivity index (χ2n) is 7.11. The van der Waals surface area contributed by atoms with Crippen LogP contribution in [0.25, 0.3) is 11.1 Å². The van der Waals surface area contributed by atoms with Gasteiger partial charge in [0.2, 0.25) is 0 Å². The molecule has 7 heteroatoms. The standard InChI is InChI=1S/C23H19F2NO3S/c1-15-20-13-16(24)7-9-18(20)19-5-2-3-6-22(19)26(15)11-4-12-30(28,29)17-8-10-23(27)21(25)14-17/h2-11,13-15,27H,12H2,1H3. The lowest BCUT2D eigenvalue weighted by Crippen LogP contribution is -2.25. The van der Waals surface area contributed by atoms with E-state index in [0.29, 0.717) is 0 Å². The fraction of sp³-hybridized carbons (Fsp3) is 0.130. The smallest absolute Gasteiger partial charge is 0.182 e. The summed E-state index contributed by atoms with van der Waals surface area (Å²) in [6.07, 6.45) is 3.14. The monoisotopic (exact) mass is 427 g/mol. The van der Waals surface area contributed by atoms with Crippen LogP contribution in [0.3, 0.4) is 0 Å². The van der Waals surface area contributed by atoms with Crippen LogP contribution in [-0.2, 0) is 9.84 Å². The number of benzene rings is 3. The largest absolute Gasteiger partial charge is 0.505 e. The van der Waals surface area contributed by atoms with Gasteiger partial charge in [-0.3, -0.25) is 0 Å². The van der Waals surface area contributed by atoms with Gasteiger partial charge in [0.1, 0.15) is 5.82 Å². The Morgan fingerprint density at radius 1 is 1.03 bits per heavy atom. The number of rotatable bonds is 4. The summed E-state index contributed by atoms with van der Waals surface area (Å²) < 4.78 is 52.5. The van der Waals surface area contributed by atoms with Crippen molar-refractivity contribution in [3.05, 3.63) is 90.1 Å². The van der Waals surface area contributed by atoms with Gasteiger partial charge in [-0.15, -0.1) is 0 Å². The van der Waals surface area contributed by atoms with Gasteiger partial charge < -0.3 is 10.0 Å². The van der Waals surface area contributed by atoms with Crippen LogP contribution in [-0.4, -0.2) is 19.3 Å². The highest BCUT2D eigenvalue weighted by atomic mass is 32.2. The molecule has 1 aliphatic heterocycles. The highest BCUT2D eigenvalue weighted by Gasteiger charge is 2.27. The van der Waals surface area contributed by atoms with Gasteiger partial charge in [-0.25, -0.2) is 17.2 Å². The molecule has 0 amide bonds. The maximum atomic E-state index is 13.9. The first-order chi connectivity index (χ1) is 14.3. The first-order valence-corrected chi connectivity index (χ1v) is 11.0. The van der Waals surface area contributed by atoms with E-state index in [9.17, 15) is 22.3 Å². The Balaban J connectivity index is 1.66. The van der Waals surface area contributed by atoms with Gasteiger partial charge in [-0.05, 0) is 54.4 Å². The van der Waals surface area contributed by atoms with E-state index in [2.05, 4.69) is 0 Å². The molecule has 4 nitrogen and oxygen atoms in total. The lowest BCUT2D eigenvalue weighted by molar-refractivity contribution is 0.431. The molecule has 0 aliphatic carbocycles. The summed E-state index contributed by atoms with van der Waals surface area (Å²) in [6, 6.07) is 15.1. The molecule has 154 valence electrons. The first kappa shape index (κ1) is 20.1. The van der Waals surface area contributed by atoms with Gasteiger partial charge in [0.25, 0.3) is 0 Å². The number of nitrogens with zero attached hydrogens (tertiary/aromatic N) is 1. The van der Waals surface area contributed by atoms with Gasteiger partial charge in [0.05, 0.1) is 16.7 Å². The fourth-order valence-corrected chi connectivity index (χ4v) is 4.77. The van der Waals surface area contributed by atoms with Crippen molar-refractivity contribution in [2.75, 3.05) is 10.7 Å². The lowest BCUT2D eigenvalue weighted by Gasteiger charge is -2.36. The van der Waals surface area contributed by atoms with Crippen molar-refractivity contribution in [3.63, 3.8) is 0 Å². The van der Waals surface area contributed by atoms with E-state index in [1.807, 2.05) is 36.1 Å². The van der Waals surface area contributed by atoms with Crippen molar-refractivity contribution < 1.29 is 22.3 Å². The van der Waals surface area contributed by atoms with Gasteiger partial charge in [0.15, 0.2) is 21.4 Å². The average Bonchev–Trinajstić information content (AvgIpc) is 2.72. The van der Waals surface area contributed by atoms with Crippen LogP contribution in [0.1, 0.15) is 18.5 Å². The molecule has 30 heavy (non-hydrogen) atoms. The van der Waals surface area contributed by atoms with Crippen LogP contribution in [0.5, 0.6) is 5.75 Å². The predicted octanol–water partition coefficient (Wildman–Crippen LogP) is 5.21. The molecule has 0 radical (unpaired) electrons. The Morgan fingerprint density at radius 2 is 1.80 bits per heavy atom.